The second-order valence-electron chi connectivity index (χ2n) is 7.12. The minimum absolute atomic E-state index is 0.00119. The van der Waals surface area contributed by atoms with Gasteiger partial charge < -0.3 is 4.57 Å². The highest BCUT2D eigenvalue weighted by molar-refractivity contribution is 6.04. The average Bonchev–Trinajstić information content (AvgIpc) is 3.13. The zero-order chi connectivity index (χ0) is 21.9. The van der Waals surface area contributed by atoms with Gasteiger partial charge in [-0.25, -0.2) is 5.43 Å². The molecule has 0 aliphatic heterocycles. The first-order valence-corrected chi connectivity index (χ1v) is 9.88. The summed E-state index contributed by atoms with van der Waals surface area (Å²) in [5.41, 5.74) is 6.92. The Kier molecular flexibility index (Phi) is 4.97. The highest BCUT2D eigenvalue weighted by Crippen LogP contribution is 2.27. The summed E-state index contributed by atoms with van der Waals surface area (Å²) in [6.07, 6.45) is 1.47. The summed E-state index contributed by atoms with van der Waals surface area (Å²) in [4.78, 5) is 15.1. The van der Waals surface area contributed by atoms with E-state index < -0.39 is 4.92 Å². The van der Waals surface area contributed by atoms with Crippen LogP contribution in [0.25, 0.3) is 22.1 Å². The zero-order valence-electron chi connectivity index (χ0n) is 16.8. The van der Waals surface area contributed by atoms with Crippen LogP contribution in [0.15, 0.2) is 84.0 Å². The Morgan fingerprint density at radius 2 is 1.81 bits per heavy atom. The Bertz CT molecular complexity index is 1460. The number of hydrogen-bond donors (Lipinski definition) is 1. The number of benzene rings is 3. The van der Waals surface area contributed by atoms with Crippen molar-refractivity contribution in [3.8, 4) is 0 Å². The number of nitro groups is 1. The van der Waals surface area contributed by atoms with Gasteiger partial charge in [-0.2, -0.15) is 10.1 Å². The molecule has 0 aliphatic carbocycles. The van der Waals surface area contributed by atoms with Gasteiger partial charge in [0.25, 0.3) is 11.6 Å². The Labute approximate surface area is 182 Å². The quantitative estimate of drug-likeness (QED) is 0.246. The molecule has 0 saturated heterocycles. The predicted molar refractivity (Wildman–Crippen MR) is 123 cm³/mol. The van der Waals surface area contributed by atoms with Gasteiger partial charge in [0.2, 0.25) is 0 Å². The molecule has 5 aromatic rings. The van der Waals surface area contributed by atoms with Gasteiger partial charge in [-0.3, -0.25) is 10.1 Å². The maximum absolute atomic E-state index is 10.9. The molecule has 9 nitrogen and oxygen atoms in total. The fourth-order valence-corrected chi connectivity index (χ4v) is 3.56. The first-order chi connectivity index (χ1) is 15.7. The van der Waals surface area contributed by atoms with E-state index in [4.69, 9.17) is 0 Å². The standard InChI is InChI=1S/C23H17N7O2/c31-30(32)18-10-6-9-17(13-18)14-24-27-23-25-22-21(26-28-23)19-11-4-5-12-20(19)29(22)15-16-7-2-1-3-8-16/h1-14H,15H2,(H,25,27,28). The number of nitrogens with one attached hydrogen (secondary N) is 1. The summed E-state index contributed by atoms with van der Waals surface area (Å²) in [6.45, 7) is 0.639. The van der Waals surface area contributed by atoms with Crippen molar-refractivity contribution in [2.24, 2.45) is 5.10 Å². The molecule has 0 aliphatic rings. The van der Waals surface area contributed by atoms with Gasteiger partial charge in [-0.05, 0) is 11.6 Å². The molecule has 0 spiro atoms. The fraction of sp³-hybridized carbons (Fsp3) is 0.0435. The Morgan fingerprint density at radius 1 is 1.00 bits per heavy atom. The van der Waals surface area contributed by atoms with Crippen molar-refractivity contribution in [1.82, 2.24) is 19.7 Å². The van der Waals surface area contributed by atoms with Crippen LogP contribution >= 0.6 is 0 Å². The number of fused-ring (bicyclic) bond motifs is 3. The Morgan fingerprint density at radius 3 is 2.66 bits per heavy atom. The van der Waals surface area contributed by atoms with Gasteiger partial charge in [-0.15, -0.1) is 10.2 Å². The van der Waals surface area contributed by atoms with Gasteiger partial charge in [0.1, 0.15) is 5.52 Å². The molecular formula is C23H17N7O2. The lowest BCUT2D eigenvalue weighted by atomic mass is 10.2. The van der Waals surface area contributed by atoms with Crippen LogP contribution in [0.3, 0.4) is 0 Å². The molecule has 5 rings (SSSR count). The number of non-ortho nitro benzene ring substituents is 1. The summed E-state index contributed by atoms with van der Waals surface area (Å²) in [7, 11) is 0. The van der Waals surface area contributed by atoms with Crippen LogP contribution in [0.4, 0.5) is 11.6 Å². The van der Waals surface area contributed by atoms with E-state index in [2.05, 4.69) is 42.4 Å². The van der Waals surface area contributed by atoms with E-state index in [1.165, 1.54) is 18.3 Å². The van der Waals surface area contributed by atoms with Gasteiger partial charge in [-0.1, -0.05) is 60.7 Å². The number of nitro benzene ring substituents is 1. The molecule has 0 bridgehead atoms. The number of hydrogen-bond acceptors (Lipinski definition) is 7. The molecule has 0 amide bonds. The van der Waals surface area contributed by atoms with Crippen molar-refractivity contribution >= 4 is 39.9 Å². The minimum atomic E-state index is -0.447. The summed E-state index contributed by atoms with van der Waals surface area (Å²) in [6, 6.07) is 24.3. The maximum atomic E-state index is 10.9. The second kappa shape index (κ2) is 8.23. The van der Waals surface area contributed by atoms with Crippen LogP contribution in [-0.4, -0.2) is 30.9 Å². The lowest BCUT2D eigenvalue weighted by Crippen LogP contribution is -2.04. The van der Waals surface area contributed by atoms with Gasteiger partial charge in [0, 0.05) is 29.6 Å². The van der Waals surface area contributed by atoms with Crippen molar-refractivity contribution in [1.29, 1.82) is 0 Å². The maximum Gasteiger partial charge on any atom is 0.270 e. The molecule has 0 saturated carbocycles. The number of aromatic nitrogens is 4. The number of rotatable bonds is 6. The van der Waals surface area contributed by atoms with Crippen LogP contribution in [0, 0.1) is 10.1 Å². The summed E-state index contributed by atoms with van der Waals surface area (Å²) in [5, 5.41) is 24.5. The van der Waals surface area contributed by atoms with E-state index in [0.29, 0.717) is 23.3 Å². The molecule has 3 aromatic carbocycles. The van der Waals surface area contributed by atoms with Crippen LogP contribution in [0.1, 0.15) is 11.1 Å². The van der Waals surface area contributed by atoms with E-state index >= 15 is 0 Å². The summed E-state index contributed by atoms with van der Waals surface area (Å²) in [5.74, 6) is 0.233. The number of nitrogens with zero attached hydrogens (tertiary/aromatic N) is 6. The largest absolute Gasteiger partial charge is 0.319 e. The zero-order valence-corrected chi connectivity index (χ0v) is 16.8. The topological polar surface area (TPSA) is 111 Å². The van der Waals surface area contributed by atoms with E-state index in [-0.39, 0.29) is 11.6 Å². The highest BCUT2D eigenvalue weighted by Gasteiger charge is 2.14. The molecule has 0 radical (unpaired) electrons. The lowest BCUT2D eigenvalue weighted by Gasteiger charge is -2.07. The normalized spacial score (nSPS) is 11.4. The molecule has 2 aromatic heterocycles. The number of hydrazone groups is 1. The van der Waals surface area contributed by atoms with Crippen LogP contribution in [-0.2, 0) is 6.54 Å². The molecule has 0 fully saturated rings. The molecule has 0 unspecified atom stereocenters. The first-order valence-electron chi connectivity index (χ1n) is 9.88. The molecule has 2 heterocycles. The number of anilines is 1. The van der Waals surface area contributed by atoms with Crippen molar-refractivity contribution in [2.75, 3.05) is 5.43 Å². The third kappa shape index (κ3) is 3.74. The molecule has 0 atom stereocenters. The monoisotopic (exact) mass is 423 g/mol. The third-order valence-corrected chi connectivity index (χ3v) is 5.02. The third-order valence-electron chi connectivity index (χ3n) is 5.02. The van der Waals surface area contributed by atoms with E-state index in [1.807, 2.05) is 42.5 Å². The van der Waals surface area contributed by atoms with Crippen LogP contribution < -0.4 is 5.43 Å². The van der Waals surface area contributed by atoms with Crippen molar-refractivity contribution in [2.45, 2.75) is 6.54 Å². The minimum Gasteiger partial charge on any atom is -0.319 e. The van der Waals surface area contributed by atoms with Gasteiger partial charge in [0.15, 0.2) is 5.65 Å². The first kappa shape index (κ1) is 19.3. The number of para-hydroxylation sites is 1. The SMILES string of the molecule is O=[N+]([O-])c1cccc(C=NNc2nnc3c4ccccc4n(Cc4ccccc4)c3n2)c1. The predicted octanol–water partition coefficient (Wildman–Crippen LogP) is 4.38. The van der Waals surface area contributed by atoms with Crippen LogP contribution in [0.5, 0.6) is 0 Å². The summed E-state index contributed by atoms with van der Waals surface area (Å²) >= 11 is 0. The van der Waals surface area contributed by atoms with Crippen LogP contribution in [0.2, 0.25) is 0 Å². The Hall–Kier alpha value is -4.66. The summed E-state index contributed by atoms with van der Waals surface area (Å²) < 4.78 is 2.10. The van der Waals surface area contributed by atoms with Gasteiger partial charge in [0.05, 0.1) is 16.7 Å². The average molecular weight is 423 g/mol. The fourth-order valence-electron chi connectivity index (χ4n) is 3.56. The van der Waals surface area contributed by atoms with Gasteiger partial charge >= 0.3 is 0 Å². The second-order valence-corrected chi connectivity index (χ2v) is 7.12. The molecule has 32 heavy (non-hydrogen) atoms. The molecule has 156 valence electrons. The smallest absolute Gasteiger partial charge is 0.270 e. The van der Waals surface area contributed by atoms with Crippen molar-refractivity contribution < 1.29 is 4.92 Å². The lowest BCUT2D eigenvalue weighted by molar-refractivity contribution is -0.384. The van der Waals surface area contributed by atoms with E-state index in [0.717, 1.165) is 16.5 Å². The van der Waals surface area contributed by atoms with Crippen molar-refractivity contribution in [3.05, 3.63) is 100 Å². The van der Waals surface area contributed by atoms with E-state index in [9.17, 15) is 10.1 Å². The van der Waals surface area contributed by atoms with E-state index in [1.54, 1.807) is 12.1 Å². The van der Waals surface area contributed by atoms with Crippen molar-refractivity contribution in [3.63, 3.8) is 0 Å². The molecular weight excluding hydrogens is 406 g/mol. The highest BCUT2D eigenvalue weighted by atomic mass is 16.6. The Balaban J connectivity index is 1.49. The molecule has 1 N–H and O–H groups in total. The molecule has 9 heteroatoms.